The number of nitrogens with zero attached hydrogens (tertiary/aromatic N) is 1. The van der Waals surface area contributed by atoms with Gasteiger partial charge in [0.05, 0.1) is 11.9 Å². The van der Waals surface area contributed by atoms with Gasteiger partial charge in [-0.1, -0.05) is 13.8 Å². The summed E-state index contributed by atoms with van der Waals surface area (Å²) in [5.41, 5.74) is 1.29. The summed E-state index contributed by atoms with van der Waals surface area (Å²) in [6.45, 7) is 5.25. The van der Waals surface area contributed by atoms with Gasteiger partial charge in [0.2, 0.25) is 0 Å². The fourth-order valence-corrected chi connectivity index (χ4v) is 2.03. The molecule has 0 aliphatic carbocycles. The maximum absolute atomic E-state index is 11.7. The lowest BCUT2D eigenvalue weighted by atomic mass is 10.3. The molecule has 2 N–H and O–H groups in total. The minimum Gasteiger partial charge on any atom is -0.384 e. The number of carbonyl (C=O) groups excluding carboxylic acids is 1. The van der Waals surface area contributed by atoms with Crippen LogP contribution in [0.15, 0.2) is 18.3 Å². The first-order valence-electron chi connectivity index (χ1n) is 6.50. The Morgan fingerprint density at radius 3 is 2.68 bits per heavy atom. The molecule has 106 valence electrons. The fraction of sp³-hybridized carbons (Fsp3) is 0.538. The molecule has 1 rings (SSSR count). The van der Waals surface area contributed by atoms with Crippen molar-refractivity contribution in [1.29, 1.82) is 0 Å². The first-order chi connectivity index (χ1) is 9.17. The van der Waals surface area contributed by atoms with Crippen molar-refractivity contribution in [3.05, 3.63) is 24.0 Å². The van der Waals surface area contributed by atoms with E-state index >= 15 is 0 Å². The number of hydrogen-bond acceptors (Lipinski definition) is 4. The highest BCUT2D eigenvalue weighted by atomic mass is 32.2. The molecule has 0 saturated heterocycles. The van der Waals surface area contributed by atoms with Gasteiger partial charge >= 0.3 is 0 Å². The minimum atomic E-state index is -0.852. The topological polar surface area (TPSA) is 71.1 Å². The van der Waals surface area contributed by atoms with Gasteiger partial charge in [-0.25, -0.2) is 4.98 Å². The van der Waals surface area contributed by atoms with Crippen LogP contribution in [0, 0.1) is 0 Å². The van der Waals surface area contributed by atoms with Crippen LogP contribution in [0.4, 0.5) is 5.69 Å². The van der Waals surface area contributed by atoms with Crippen molar-refractivity contribution in [2.45, 2.75) is 20.3 Å². The number of amides is 1. The molecule has 0 bridgehead atoms. The van der Waals surface area contributed by atoms with Crippen LogP contribution >= 0.6 is 0 Å². The Hall–Kier alpha value is -1.43. The van der Waals surface area contributed by atoms with Crippen molar-refractivity contribution in [3.63, 3.8) is 0 Å². The van der Waals surface area contributed by atoms with E-state index in [-0.39, 0.29) is 5.91 Å². The number of aromatic nitrogens is 1. The summed E-state index contributed by atoms with van der Waals surface area (Å²) in [7, 11) is -0.852. The summed E-state index contributed by atoms with van der Waals surface area (Å²) in [5, 5.41) is 5.90. The minimum absolute atomic E-state index is 0.227. The molecule has 0 spiro atoms. The van der Waals surface area contributed by atoms with Gasteiger partial charge in [-0.3, -0.25) is 9.00 Å². The smallest absolute Gasteiger partial charge is 0.269 e. The zero-order chi connectivity index (χ0) is 14.1. The third-order valence-corrected chi connectivity index (χ3v) is 3.82. The van der Waals surface area contributed by atoms with Crippen LogP contribution in [0.1, 0.15) is 30.8 Å². The summed E-state index contributed by atoms with van der Waals surface area (Å²) >= 11 is 0. The maximum Gasteiger partial charge on any atom is 0.269 e. The molecule has 6 heteroatoms. The molecule has 1 atom stereocenters. The SMILES string of the molecule is CCCNc1ccc(C(=O)NCCS(=O)CC)nc1. The van der Waals surface area contributed by atoms with E-state index < -0.39 is 10.8 Å². The number of hydrogen-bond donors (Lipinski definition) is 2. The van der Waals surface area contributed by atoms with Gasteiger partial charge in [0.1, 0.15) is 5.69 Å². The maximum atomic E-state index is 11.7. The van der Waals surface area contributed by atoms with Gasteiger partial charge in [-0.05, 0) is 18.6 Å². The third-order valence-electron chi connectivity index (χ3n) is 2.51. The molecular weight excluding hydrogens is 262 g/mol. The van der Waals surface area contributed by atoms with E-state index in [0.29, 0.717) is 23.7 Å². The van der Waals surface area contributed by atoms with E-state index in [1.807, 2.05) is 13.0 Å². The molecular formula is C13H21N3O2S. The van der Waals surface area contributed by atoms with E-state index in [0.717, 1.165) is 18.7 Å². The number of anilines is 1. The predicted octanol–water partition coefficient (Wildman–Crippen LogP) is 1.40. The van der Waals surface area contributed by atoms with Crippen LogP contribution in [0.2, 0.25) is 0 Å². The molecule has 0 aliphatic rings. The fourth-order valence-electron chi connectivity index (χ4n) is 1.42. The lowest BCUT2D eigenvalue weighted by Crippen LogP contribution is -2.28. The van der Waals surface area contributed by atoms with Gasteiger partial charge in [-0.2, -0.15) is 0 Å². The average Bonchev–Trinajstić information content (AvgIpc) is 2.45. The van der Waals surface area contributed by atoms with Crippen molar-refractivity contribution in [1.82, 2.24) is 10.3 Å². The molecule has 1 unspecified atom stereocenters. The Kier molecular flexibility index (Phi) is 7.10. The van der Waals surface area contributed by atoms with E-state index in [9.17, 15) is 9.00 Å². The Balaban J connectivity index is 2.42. The zero-order valence-electron chi connectivity index (χ0n) is 11.4. The van der Waals surface area contributed by atoms with Gasteiger partial charge in [0.15, 0.2) is 0 Å². The normalized spacial score (nSPS) is 11.9. The molecule has 1 aromatic rings. The summed E-state index contributed by atoms with van der Waals surface area (Å²) in [6.07, 6.45) is 2.69. The van der Waals surface area contributed by atoms with Crippen molar-refractivity contribution in [2.24, 2.45) is 0 Å². The molecule has 1 heterocycles. The second kappa shape index (κ2) is 8.63. The van der Waals surface area contributed by atoms with Crippen molar-refractivity contribution >= 4 is 22.4 Å². The Morgan fingerprint density at radius 1 is 1.32 bits per heavy atom. The van der Waals surface area contributed by atoms with Crippen LogP contribution in [0.5, 0.6) is 0 Å². The third kappa shape index (κ3) is 5.83. The largest absolute Gasteiger partial charge is 0.384 e. The van der Waals surface area contributed by atoms with Crippen molar-refractivity contribution in [3.8, 4) is 0 Å². The molecule has 1 aromatic heterocycles. The molecule has 0 aliphatic heterocycles. The summed E-state index contributed by atoms with van der Waals surface area (Å²) in [4.78, 5) is 15.8. The molecule has 0 saturated carbocycles. The second-order valence-corrected chi connectivity index (χ2v) is 5.91. The summed E-state index contributed by atoms with van der Waals surface area (Å²) < 4.78 is 11.2. The molecule has 0 radical (unpaired) electrons. The van der Waals surface area contributed by atoms with Crippen LogP contribution in [-0.4, -0.2) is 39.7 Å². The van der Waals surface area contributed by atoms with Gasteiger partial charge in [-0.15, -0.1) is 0 Å². The Morgan fingerprint density at radius 2 is 2.11 bits per heavy atom. The highest BCUT2D eigenvalue weighted by Crippen LogP contribution is 2.05. The monoisotopic (exact) mass is 283 g/mol. The van der Waals surface area contributed by atoms with Crippen LogP contribution in [-0.2, 0) is 10.8 Å². The number of carbonyl (C=O) groups is 1. The summed E-state index contributed by atoms with van der Waals surface area (Å²) in [6, 6.07) is 3.52. The van der Waals surface area contributed by atoms with E-state index in [4.69, 9.17) is 0 Å². The van der Waals surface area contributed by atoms with Crippen LogP contribution in [0.25, 0.3) is 0 Å². The molecule has 19 heavy (non-hydrogen) atoms. The Bertz CT molecular complexity index is 420. The van der Waals surface area contributed by atoms with E-state index in [1.54, 1.807) is 12.3 Å². The quantitative estimate of drug-likeness (QED) is 0.756. The van der Waals surface area contributed by atoms with Crippen LogP contribution < -0.4 is 10.6 Å². The van der Waals surface area contributed by atoms with Crippen molar-refractivity contribution < 1.29 is 9.00 Å². The molecule has 0 fully saturated rings. The second-order valence-electron chi connectivity index (χ2n) is 4.05. The molecule has 5 nitrogen and oxygen atoms in total. The molecule has 0 aromatic carbocycles. The summed E-state index contributed by atoms with van der Waals surface area (Å²) in [5.74, 6) is 0.875. The highest BCUT2D eigenvalue weighted by molar-refractivity contribution is 7.84. The number of rotatable bonds is 8. The van der Waals surface area contributed by atoms with Gasteiger partial charge in [0.25, 0.3) is 5.91 Å². The van der Waals surface area contributed by atoms with Gasteiger partial charge in [0, 0.05) is 35.4 Å². The Labute approximate surface area is 116 Å². The van der Waals surface area contributed by atoms with Crippen LogP contribution in [0.3, 0.4) is 0 Å². The molecule has 1 amide bonds. The lowest BCUT2D eigenvalue weighted by molar-refractivity contribution is 0.0951. The van der Waals surface area contributed by atoms with E-state index in [1.165, 1.54) is 0 Å². The average molecular weight is 283 g/mol. The standard InChI is InChI=1S/C13H21N3O2S/c1-3-7-14-11-5-6-12(16-10-11)13(17)15-8-9-19(18)4-2/h5-6,10,14H,3-4,7-9H2,1-2H3,(H,15,17). The first-order valence-corrected chi connectivity index (χ1v) is 7.99. The highest BCUT2D eigenvalue weighted by Gasteiger charge is 2.06. The van der Waals surface area contributed by atoms with E-state index in [2.05, 4.69) is 22.5 Å². The first kappa shape index (κ1) is 15.6. The zero-order valence-corrected chi connectivity index (χ0v) is 12.3. The van der Waals surface area contributed by atoms with Crippen molar-refractivity contribution in [2.75, 3.05) is 29.9 Å². The number of pyridine rings is 1. The van der Waals surface area contributed by atoms with Gasteiger partial charge < -0.3 is 10.6 Å². The lowest BCUT2D eigenvalue weighted by Gasteiger charge is -2.06. The number of nitrogens with one attached hydrogen (secondary N) is 2. The predicted molar refractivity (Wildman–Crippen MR) is 78.9 cm³/mol.